The van der Waals surface area contributed by atoms with Crippen LogP contribution in [-0.4, -0.2) is 24.3 Å². The van der Waals surface area contributed by atoms with Crippen LogP contribution < -0.4 is 11.1 Å². The first-order valence-corrected chi connectivity index (χ1v) is 6.32. The van der Waals surface area contributed by atoms with Crippen LogP contribution in [0.3, 0.4) is 0 Å². The molecule has 1 rings (SSSR count). The normalized spacial score (nSPS) is 15.0. The number of furan rings is 1. The molecule has 0 saturated heterocycles. The van der Waals surface area contributed by atoms with Crippen LogP contribution in [0.5, 0.6) is 0 Å². The van der Waals surface area contributed by atoms with Gasteiger partial charge in [-0.25, -0.2) is 0 Å². The van der Waals surface area contributed by atoms with E-state index in [-0.39, 0.29) is 18.7 Å². The molecule has 0 aliphatic heterocycles. The van der Waals surface area contributed by atoms with E-state index < -0.39 is 0 Å². The maximum Gasteiger partial charge on any atom is 0.136 e. The molecule has 0 spiro atoms. The number of hydrogen-bond acceptors (Lipinski definition) is 4. The molecule has 0 aliphatic rings. The fourth-order valence-corrected chi connectivity index (χ4v) is 2.13. The second-order valence-corrected chi connectivity index (χ2v) is 4.56. The zero-order valence-electron chi connectivity index (χ0n) is 9.45. The molecule has 1 aromatic heterocycles. The van der Waals surface area contributed by atoms with Gasteiger partial charge in [-0.15, -0.1) is 0 Å². The third-order valence-corrected chi connectivity index (χ3v) is 3.26. The van der Waals surface area contributed by atoms with Gasteiger partial charge in [0.2, 0.25) is 0 Å². The molecule has 5 heteroatoms. The Kier molecular flexibility index (Phi) is 6.05. The van der Waals surface area contributed by atoms with Gasteiger partial charge in [-0.1, -0.05) is 6.92 Å². The standard InChI is InChI=1S/C11H19BrN2O2/c1-2-8(3-5-15)14-10(7-13)11-9(12)4-6-16-11/h4,6,8,10,14-15H,2-3,5,7,13H2,1H3. The first kappa shape index (κ1) is 13.7. The van der Waals surface area contributed by atoms with E-state index in [0.29, 0.717) is 6.54 Å². The van der Waals surface area contributed by atoms with E-state index in [1.165, 1.54) is 0 Å². The van der Waals surface area contributed by atoms with Crippen LogP contribution in [0.25, 0.3) is 0 Å². The zero-order chi connectivity index (χ0) is 12.0. The fourth-order valence-electron chi connectivity index (χ4n) is 1.65. The van der Waals surface area contributed by atoms with Crippen LogP contribution in [0, 0.1) is 0 Å². The maximum atomic E-state index is 8.93. The average Bonchev–Trinajstić information content (AvgIpc) is 2.71. The van der Waals surface area contributed by atoms with E-state index in [1.54, 1.807) is 6.26 Å². The van der Waals surface area contributed by atoms with Crippen molar-refractivity contribution in [3.63, 3.8) is 0 Å². The zero-order valence-corrected chi connectivity index (χ0v) is 11.0. The highest BCUT2D eigenvalue weighted by Gasteiger charge is 2.19. The molecule has 92 valence electrons. The minimum absolute atomic E-state index is 0.0131. The van der Waals surface area contributed by atoms with Gasteiger partial charge in [0.05, 0.1) is 16.8 Å². The summed E-state index contributed by atoms with van der Waals surface area (Å²) in [4.78, 5) is 0. The third kappa shape index (κ3) is 3.59. The average molecular weight is 291 g/mol. The van der Waals surface area contributed by atoms with E-state index in [1.807, 2.05) is 6.07 Å². The molecular weight excluding hydrogens is 272 g/mol. The monoisotopic (exact) mass is 290 g/mol. The molecule has 0 amide bonds. The van der Waals surface area contributed by atoms with Gasteiger partial charge in [-0.05, 0) is 34.8 Å². The number of aliphatic hydroxyl groups is 1. The van der Waals surface area contributed by atoms with Crippen molar-refractivity contribution in [3.8, 4) is 0 Å². The number of aliphatic hydroxyl groups excluding tert-OH is 1. The molecule has 0 saturated carbocycles. The Morgan fingerprint density at radius 1 is 1.62 bits per heavy atom. The SMILES string of the molecule is CCC(CCO)NC(CN)c1occc1Br. The van der Waals surface area contributed by atoms with Gasteiger partial charge in [0.1, 0.15) is 5.76 Å². The Morgan fingerprint density at radius 3 is 2.81 bits per heavy atom. The Bertz CT molecular complexity index is 304. The van der Waals surface area contributed by atoms with E-state index in [2.05, 4.69) is 28.2 Å². The summed E-state index contributed by atoms with van der Waals surface area (Å²) in [5.41, 5.74) is 5.73. The van der Waals surface area contributed by atoms with Gasteiger partial charge in [0.25, 0.3) is 0 Å². The van der Waals surface area contributed by atoms with Crippen LogP contribution in [0.2, 0.25) is 0 Å². The molecule has 4 N–H and O–H groups in total. The first-order valence-electron chi connectivity index (χ1n) is 5.52. The second kappa shape index (κ2) is 7.06. The van der Waals surface area contributed by atoms with Crippen molar-refractivity contribution in [2.45, 2.75) is 31.8 Å². The molecule has 1 aromatic rings. The summed E-state index contributed by atoms with van der Waals surface area (Å²) in [6.45, 7) is 2.73. The molecule has 2 atom stereocenters. The lowest BCUT2D eigenvalue weighted by atomic mass is 10.1. The maximum absolute atomic E-state index is 8.93. The van der Waals surface area contributed by atoms with Crippen molar-refractivity contribution >= 4 is 15.9 Å². The summed E-state index contributed by atoms with van der Waals surface area (Å²) in [5.74, 6) is 0.818. The minimum Gasteiger partial charge on any atom is -0.466 e. The lowest BCUT2D eigenvalue weighted by Crippen LogP contribution is -2.37. The van der Waals surface area contributed by atoms with Gasteiger partial charge >= 0.3 is 0 Å². The van der Waals surface area contributed by atoms with E-state index in [9.17, 15) is 0 Å². The largest absolute Gasteiger partial charge is 0.466 e. The number of nitrogens with two attached hydrogens (primary N) is 1. The van der Waals surface area contributed by atoms with Crippen LogP contribution in [-0.2, 0) is 0 Å². The molecule has 1 heterocycles. The van der Waals surface area contributed by atoms with Crippen LogP contribution in [0.4, 0.5) is 0 Å². The van der Waals surface area contributed by atoms with E-state index in [0.717, 1.165) is 23.1 Å². The predicted molar refractivity (Wildman–Crippen MR) is 67.1 cm³/mol. The summed E-state index contributed by atoms with van der Waals surface area (Å²) < 4.78 is 6.31. The van der Waals surface area contributed by atoms with Crippen LogP contribution in [0.15, 0.2) is 21.2 Å². The number of nitrogens with one attached hydrogen (secondary N) is 1. The van der Waals surface area contributed by atoms with E-state index >= 15 is 0 Å². The molecule has 0 fully saturated rings. The number of halogens is 1. The highest BCUT2D eigenvalue weighted by atomic mass is 79.9. The topological polar surface area (TPSA) is 71.4 Å². The van der Waals surface area contributed by atoms with Gasteiger partial charge < -0.3 is 20.6 Å². The summed E-state index contributed by atoms with van der Waals surface area (Å²) in [7, 11) is 0. The Hall–Kier alpha value is -0.360. The smallest absolute Gasteiger partial charge is 0.136 e. The summed E-state index contributed by atoms with van der Waals surface area (Å²) >= 11 is 3.42. The van der Waals surface area contributed by atoms with Crippen molar-refractivity contribution in [1.29, 1.82) is 0 Å². The van der Waals surface area contributed by atoms with Crippen LogP contribution >= 0.6 is 15.9 Å². The number of hydrogen-bond donors (Lipinski definition) is 3. The van der Waals surface area contributed by atoms with E-state index in [4.69, 9.17) is 15.3 Å². The molecule has 0 aliphatic carbocycles. The lowest BCUT2D eigenvalue weighted by molar-refractivity contribution is 0.251. The molecule has 4 nitrogen and oxygen atoms in total. The second-order valence-electron chi connectivity index (χ2n) is 3.71. The van der Waals surface area contributed by atoms with Crippen molar-refractivity contribution < 1.29 is 9.52 Å². The third-order valence-electron chi connectivity index (χ3n) is 2.60. The quantitative estimate of drug-likeness (QED) is 0.716. The molecular formula is C11H19BrN2O2. The van der Waals surface area contributed by atoms with Crippen LogP contribution in [0.1, 0.15) is 31.6 Å². The predicted octanol–water partition coefficient (Wildman–Crippen LogP) is 1.79. The lowest BCUT2D eigenvalue weighted by Gasteiger charge is -2.22. The molecule has 0 radical (unpaired) electrons. The highest BCUT2D eigenvalue weighted by molar-refractivity contribution is 9.10. The summed E-state index contributed by atoms with van der Waals surface area (Å²) in [6.07, 6.45) is 3.32. The Balaban J connectivity index is 2.64. The number of rotatable bonds is 7. The molecule has 0 aromatic carbocycles. The van der Waals surface area contributed by atoms with Crippen molar-refractivity contribution in [3.05, 3.63) is 22.6 Å². The van der Waals surface area contributed by atoms with Gasteiger partial charge in [-0.2, -0.15) is 0 Å². The van der Waals surface area contributed by atoms with Gasteiger partial charge in [-0.3, -0.25) is 0 Å². The molecule has 16 heavy (non-hydrogen) atoms. The Morgan fingerprint density at radius 2 is 2.38 bits per heavy atom. The van der Waals surface area contributed by atoms with Gasteiger partial charge in [0.15, 0.2) is 0 Å². The van der Waals surface area contributed by atoms with Crippen molar-refractivity contribution in [1.82, 2.24) is 5.32 Å². The summed E-state index contributed by atoms with van der Waals surface area (Å²) in [5, 5.41) is 12.3. The Labute approximate surface area is 104 Å². The van der Waals surface area contributed by atoms with Crippen molar-refractivity contribution in [2.75, 3.05) is 13.2 Å². The molecule has 0 bridgehead atoms. The first-order chi connectivity index (χ1) is 7.72. The van der Waals surface area contributed by atoms with Gasteiger partial charge in [0, 0.05) is 19.2 Å². The highest BCUT2D eigenvalue weighted by Crippen LogP contribution is 2.24. The summed E-state index contributed by atoms with van der Waals surface area (Å²) in [6, 6.07) is 2.10. The minimum atomic E-state index is -0.0131. The fraction of sp³-hybridized carbons (Fsp3) is 0.636. The van der Waals surface area contributed by atoms with Crippen molar-refractivity contribution in [2.24, 2.45) is 5.73 Å². The molecule has 2 unspecified atom stereocenters.